The zero-order valence-corrected chi connectivity index (χ0v) is 12.7. The molecule has 1 aliphatic heterocycles. The normalized spacial score (nSPS) is 26.9. The van der Waals surface area contributed by atoms with Gasteiger partial charge in [-0.1, -0.05) is 0 Å². The Bertz CT molecular complexity index is 458. The Morgan fingerprint density at radius 3 is 1.73 bits per heavy atom. The Kier molecular flexibility index (Phi) is 6.29. The first-order valence-electron chi connectivity index (χ1n) is 6.51. The van der Waals surface area contributed by atoms with E-state index in [0.717, 1.165) is 20.8 Å². The lowest BCUT2D eigenvalue weighted by atomic mass is 10.1. The van der Waals surface area contributed by atoms with Crippen molar-refractivity contribution in [1.29, 1.82) is 0 Å². The summed E-state index contributed by atoms with van der Waals surface area (Å²) in [5.41, 5.74) is 0. The Hall–Kier alpha value is -2.16. The summed E-state index contributed by atoms with van der Waals surface area (Å²) in [5.74, 6) is -2.56. The van der Waals surface area contributed by atoms with Crippen LogP contribution >= 0.6 is 0 Å². The van der Waals surface area contributed by atoms with Crippen LogP contribution in [0.4, 0.5) is 0 Å². The fourth-order valence-corrected chi connectivity index (χ4v) is 1.93. The summed E-state index contributed by atoms with van der Waals surface area (Å²) < 4.78 is 25.2. The quantitative estimate of drug-likeness (QED) is 0.497. The second-order valence-corrected chi connectivity index (χ2v) is 4.60. The summed E-state index contributed by atoms with van der Waals surface area (Å²) in [6.45, 7) is 4.40. The van der Waals surface area contributed by atoms with Crippen LogP contribution in [0.15, 0.2) is 0 Å². The van der Waals surface area contributed by atoms with Gasteiger partial charge in [-0.15, -0.1) is 0 Å². The lowest BCUT2D eigenvalue weighted by Gasteiger charge is -2.22. The van der Waals surface area contributed by atoms with E-state index in [-0.39, 0.29) is 6.61 Å². The highest BCUT2D eigenvalue weighted by Gasteiger charge is 2.51. The molecule has 0 aromatic heterocycles. The van der Waals surface area contributed by atoms with Gasteiger partial charge >= 0.3 is 23.9 Å². The third-order valence-corrected chi connectivity index (χ3v) is 2.60. The number of carbonyl (C=O) groups is 4. The maximum absolute atomic E-state index is 11.2. The first-order chi connectivity index (χ1) is 10.2. The van der Waals surface area contributed by atoms with Crippen molar-refractivity contribution in [2.45, 2.75) is 52.3 Å². The Balaban J connectivity index is 2.94. The standard InChI is InChI=1S/C13H18O9/c1-6(14)18-5-10-11(19-7(2)15)12(20-8(3)16)13(22-10)21-9(4)17/h10-13H,5H2,1-4H3/t10-,11-,12+,13-/m0/s1. The lowest BCUT2D eigenvalue weighted by Crippen LogP contribution is -2.42. The second kappa shape index (κ2) is 7.74. The minimum Gasteiger partial charge on any atom is -0.463 e. The van der Waals surface area contributed by atoms with Gasteiger partial charge in [0.15, 0.2) is 6.10 Å². The highest BCUT2D eigenvalue weighted by molar-refractivity contribution is 5.68. The summed E-state index contributed by atoms with van der Waals surface area (Å²) in [4.78, 5) is 44.4. The van der Waals surface area contributed by atoms with Gasteiger partial charge in [-0.2, -0.15) is 0 Å². The molecule has 0 bridgehead atoms. The van der Waals surface area contributed by atoms with E-state index in [4.69, 9.17) is 23.7 Å². The molecule has 9 heteroatoms. The average Bonchev–Trinajstić information content (AvgIpc) is 2.63. The molecule has 0 amide bonds. The molecule has 9 nitrogen and oxygen atoms in total. The largest absolute Gasteiger partial charge is 0.463 e. The Morgan fingerprint density at radius 1 is 0.773 bits per heavy atom. The minimum atomic E-state index is -1.26. The molecule has 4 atom stereocenters. The number of hydrogen-bond acceptors (Lipinski definition) is 9. The molecule has 0 radical (unpaired) electrons. The molecule has 22 heavy (non-hydrogen) atoms. The molecule has 1 saturated heterocycles. The van der Waals surface area contributed by atoms with Crippen LogP contribution in [0, 0.1) is 0 Å². The van der Waals surface area contributed by atoms with Crippen LogP contribution < -0.4 is 0 Å². The molecular weight excluding hydrogens is 300 g/mol. The molecule has 0 aromatic rings. The van der Waals surface area contributed by atoms with Gasteiger partial charge in [0, 0.05) is 27.7 Å². The van der Waals surface area contributed by atoms with E-state index in [1.54, 1.807) is 0 Å². The van der Waals surface area contributed by atoms with Gasteiger partial charge < -0.3 is 23.7 Å². The van der Waals surface area contributed by atoms with E-state index < -0.39 is 48.5 Å². The summed E-state index contributed by atoms with van der Waals surface area (Å²) in [6, 6.07) is 0. The zero-order chi connectivity index (χ0) is 16.9. The predicted molar refractivity (Wildman–Crippen MR) is 68.2 cm³/mol. The van der Waals surface area contributed by atoms with Crippen LogP contribution in [-0.2, 0) is 42.9 Å². The fourth-order valence-electron chi connectivity index (χ4n) is 1.93. The predicted octanol–water partition coefficient (Wildman–Crippen LogP) is -0.299. The third-order valence-electron chi connectivity index (χ3n) is 2.60. The smallest absolute Gasteiger partial charge is 0.305 e. The Morgan fingerprint density at radius 2 is 1.27 bits per heavy atom. The van der Waals surface area contributed by atoms with E-state index in [1.807, 2.05) is 0 Å². The molecule has 0 aliphatic carbocycles. The molecule has 124 valence electrons. The second-order valence-electron chi connectivity index (χ2n) is 4.60. The van der Waals surface area contributed by atoms with Crippen molar-refractivity contribution in [3.8, 4) is 0 Å². The van der Waals surface area contributed by atoms with E-state index in [1.165, 1.54) is 6.92 Å². The van der Waals surface area contributed by atoms with Gasteiger partial charge in [0.2, 0.25) is 12.4 Å². The monoisotopic (exact) mass is 318 g/mol. The molecule has 0 unspecified atom stereocenters. The van der Waals surface area contributed by atoms with Gasteiger partial charge in [0.1, 0.15) is 12.7 Å². The van der Waals surface area contributed by atoms with Crippen LogP contribution in [0.25, 0.3) is 0 Å². The number of ether oxygens (including phenoxy) is 5. The first-order valence-corrected chi connectivity index (χ1v) is 6.51. The fraction of sp³-hybridized carbons (Fsp3) is 0.692. The number of esters is 4. The topological polar surface area (TPSA) is 114 Å². The van der Waals surface area contributed by atoms with Gasteiger partial charge in [0.25, 0.3) is 0 Å². The van der Waals surface area contributed by atoms with Gasteiger partial charge in [-0.05, 0) is 0 Å². The third kappa shape index (κ3) is 5.32. The maximum Gasteiger partial charge on any atom is 0.305 e. The van der Waals surface area contributed by atoms with E-state index in [0.29, 0.717) is 0 Å². The van der Waals surface area contributed by atoms with Crippen molar-refractivity contribution >= 4 is 23.9 Å². The van der Waals surface area contributed by atoms with Gasteiger partial charge in [-0.25, -0.2) is 0 Å². The van der Waals surface area contributed by atoms with Crippen molar-refractivity contribution in [2.24, 2.45) is 0 Å². The number of rotatable bonds is 5. The zero-order valence-electron chi connectivity index (χ0n) is 12.7. The van der Waals surface area contributed by atoms with Crippen molar-refractivity contribution in [2.75, 3.05) is 6.61 Å². The molecule has 0 N–H and O–H groups in total. The SMILES string of the molecule is CC(=O)OC[C@@H]1O[C@H](OC(C)=O)[C@H](OC(C)=O)[C@H]1OC(C)=O. The molecule has 1 aliphatic rings. The molecule has 0 aromatic carbocycles. The summed E-state index contributed by atoms with van der Waals surface area (Å²) in [7, 11) is 0. The molecule has 0 spiro atoms. The van der Waals surface area contributed by atoms with E-state index >= 15 is 0 Å². The summed E-state index contributed by atoms with van der Waals surface area (Å²) in [6.07, 6.45) is -4.40. The van der Waals surface area contributed by atoms with Crippen LogP contribution in [-0.4, -0.2) is 55.1 Å². The highest BCUT2D eigenvalue weighted by atomic mass is 16.8. The maximum atomic E-state index is 11.2. The summed E-state index contributed by atoms with van der Waals surface area (Å²) >= 11 is 0. The van der Waals surface area contributed by atoms with Gasteiger partial charge in [-0.3, -0.25) is 19.2 Å². The van der Waals surface area contributed by atoms with Crippen molar-refractivity contribution < 1.29 is 42.9 Å². The van der Waals surface area contributed by atoms with E-state index in [9.17, 15) is 19.2 Å². The van der Waals surface area contributed by atoms with Crippen LogP contribution in [0.3, 0.4) is 0 Å². The van der Waals surface area contributed by atoms with Crippen molar-refractivity contribution in [3.63, 3.8) is 0 Å². The first kappa shape index (κ1) is 17.9. The molecule has 0 saturated carbocycles. The summed E-state index contributed by atoms with van der Waals surface area (Å²) in [5, 5.41) is 0. The molecule has 1 rings (SSSR count). The minimum absolute atomic E-state index is 0.247. The van der Waals surface area contributed by atoms with Crippen molar-refractivity contribution in [3.05, 3.63) is 0 Å². The van der Waals surface area contributed by atoms with E-state index in [2.05, 4.69) is 0 Å². The van der Waals surface area contributed by atoms with Crippen molar-refractivity contribution in [1.82, 2.24) is 0 Å². The molecule has 1 fully saturated rings. The average molecular weight is 318 g/mol. The molecule has 1 heterocycles. The van der Waals surface area contributed by atoms with Crippen LogP contribution in [0.1, 0.15) is 27.7 Å². The van der Waals surface area contributed by atoms with Crippen LogP contribution in [0.5, 0.6) is 0 Å². The van der Waals surface area contributed by atoms with Crippen LogP contribution in [0.2, 0.25) is 0 Å². The Labute approximate surface area is 126 Å². The number of carbonyl (C=O) groups excluding carboxylic acids is 4. The lowest BCUT2D eigenvalue weighted by molar-refractivity contribution is -0.197. The number of hydrogen-bond donors (Lipinski definition) is 0. The van der Waals surface area contributed by atoms with Gasteiger partial charge in [0.05, 0.1) is 0 Å². The highest BCUT2D eigenvalue weighted by Crippen LogP contribution is 2.28. The molecular formula is C13H18O9.